The Morgan fingerprint density at radius 1 is 1.30 bits per heavy atom. The maximum Gasteiger partial charge on any atom is 0.222 e. The van der Waals surface area contributed by atoms with E-state index in [9.17, 15) is 4.79 Å². The van der Waals surface area contributed by atoms with Crippen LogP contribution in [0, 0.1) is 5.41 Å². The van der Waals surface area contributed by atoms with E-state index in [4.69, 9.17) is 15.2 Å². The van der Waals surface area contributed by atoms with E-state index in [0.717, 1.165) is 25.1 Å². The van der Waals surface area contributed by atoms with Crippen LogP contribution in [0.25, 0.3) is 0 Å². The molecule has 1 aromatic rings. The molecular formula is C17H27ClN2O3. The predicted molar refractivity (Wildman–Crippen MR) is 93.5 cm³/mol. The van der Waals surface area contributed by atoms with Crippen LogP contribution in [-0.4, -0.2) is 44.7 Å². The summed E-state index contributed by atoms with van der Waals surface area (Å²) < 4.78 is 10.5. The minimum Gasteiger partial charge on any atom is -0.493 e. The van der Waals surface area contributed by atoms with Crippen LogP contribution in [0.1, 0.15) is 25.3 Å². The Hall–Kier alpha value is -1.46. The first-order valence-corrected chi connectivity index (χ1v) is 7.70. The van der Waals surface area contributed by atoms with Crippen molar-refractivity contribution in [2.24, 2.45) is 11.1 Å². The quantitative estimate of drug-likeness (QED) is 0.861. The van der Waals surface area contributed by atoms with Crippen LogP contribution in [0.2, 0.25) is 0 Å². The van der Waals surface area contributed by atoms with Gasteiger partial charge >= 0.3 is 0 Å². The number of carbonyl (C=O) groups is 1. The molecule has 1 saturated heterocycles. The van der Waals surface area contributed by atoms with Crippen LogP contribution in [0.5, 0.6) is 11.5 Å². The molecule has 1 aliphatic rings. The van der Waals surface area contributed by atoms with Crippen molar-refractivity contribution in [3.05, 3.63) is 23.8 Å². The van der Waals surface area contributed by atoms with Crippen LogP contribution in [0.4, 0.5) is 0 Å². The molecule has 6 heteroatoms. The number of benzene rings is 1. The molecule has 23 heavy (non-hydrogen) atoms. The molecule has 2 N–H and O–H groups in total. The van der Waals surface area contributed by atoms with Crippen LogP contribution >= 0.6 is 12.4 Å². The first kappa shape index (κ1) is 19.6. The highest BCUT2D eigenvalue weighted by molar-refractivity contribution is 5.85. The molecular weight excluding hydrogens is 316 g/mol. The molecule has 0 saturated carbocycles. The lowest BCUT2D eigenvalue weighted by Crippen LogP contribution is -2.34. The number of carbonyl (C=O) groups excluding carboxylic acids is 1. The Labute approximate surface area is 144 Å². The molecule has 0 aliphatic carbocycles. The molecule has 0 bridgehead atoms. The van der Waals surface area contributed by atoms with E-state index in [1.54, 1.807) is 14.2 Å². The van der Waals surface area contributed by atoms with E-state index < -0.39 is 0 Å². The molecule has 2 rings (SSSR count). The highest BCUT2D eigenvalue weighted by Gasteiger charge is 2.34. The van der Waals surface area contributed by atoms with Gasteiger partial charge < -0.3 is 20.1 Å². The molecule has 1 fully saturated rings. The molecule has 0 radical (unpaired) electrons. The average Bonchev–Trinajstić information content (AvgIpc) is 2.95. The van der Waals surface area contributed by atoms with Gasteiger partial charge in [0.2, 0.25) is 5.91 Å². The van der Waals surface area contributed by atoms with Gasteiger partial charge in [-0.3, -0.25) is 4.79 Å². The van der Waals surface area contributed by atoms with Crippen molar-refractivity contribution < 1.29 is 14.3 Å². The number of amides is 1. The van der Waals surface area contributed by atoms with Gasteiger partial charge in [-0.25, -0.2) is 0 Å². The fraction of sp³-hybridized carbons (Fsp3) is 0.588. The van der Waals surface area contributed by atoms with Crippen LogP contribution < -0.4 is 15.2 Å². The molecule has 1 aromatic carbocycles. The second-order valence-corrected chi connectivity index (χ2v) is 6.27. The first-order valence-electron chi connectivity index (χ1n) is 7.70. The highest BCUT2D eigenvalue weighted by atomic mass is 35.5. The fourth-order valence-electron chi connectivity index (χ4n) is 2.85. The summed E-state index contributed by atoms with van der Waals surface area (Å²) in [6, 6.07) is 5.78. The van der Waals surface area contributed by atoms with Crippen LogP contribution in [0.3, 0.4) is 0 Å². The van der Waals surface area contributed by atoms with Crippen LogP contribution in [0.15, 0.2) is 18.2 Å². The summed E-state index contributed by atoms with van der Waals surface area (Å²) in [4.78, 5) is 14.3. The number of ether oxygens (including phenoxy) is 2. The SMILES string of the molecule is COc1ccc(CCC(=O)N2CCC(C)(CN)C2)cc1OC.Cl. The maximum atomic E-state index is 12.3. The summed E-state index contributed by atoms with van der Waals surface area (Å²) in [5.74, 6) is 1.60. The zero-order valence-electron chi connectivity index (χ0n) is 14.1. The zero-order chi connectivity index (χ0) is 16.2. The van der Waals surface area contributed by atoms with Crippen molar-refractivity contribution in [2.45, 2.75) is 26.2 Å². The lowest BCUT2D eigenvalue weighted by Gasteiger charge is -2.22. The third kappa shape index (κ3) is 4.75. The summed E-state index contributed by atoms with van der Waals surface area (Å²) >= 11 is 0. The van der Waals surface area contributed by atoms with Gasteiger partial charge in [-0.05, 0) is 42.5 Å². The largest absolute Gasteiger partial charge is 0.493 e. The molecule has 1 heterocycles. The molecule has 1 unspecified atom stereocenters. The van der Waals surface area contributed by atoms with Gasteiger partial charge in [-0.2, -0.15) is 0 Å². The second kappa shape index (κ2) is 8.41. The third-order valence-corrected chi connectivity index (χ3v) is 4.48. The number of methoxy groups -OCH3 is 2. The maximum absolute atomic E-state index is 12.3. The number of halogens is 1. The lowest BCUT2D eigenvalue weighted by atomic mass is 9.90. The van der Waals surface area contributed by atoms with Crippen molar-refractivity contribution in [3.63, 3.8) is 0 Å². The first-order chi connectivity index (χ1) is 10.5. The molecule has 0 aromatic heterocycles. The molecule has 0 spiro atoms. The summed E-state index contributed by atoms with van der Waals surface area (Å²) in [5, 5.41) is 0. The Bertz CT molecular complexity index is 539. The number of hydrogen-bond acceptors (Lipinski definition) is 4. The number of hydrogen-bond donors (Lipinski definition) is 1. The van der Waals surface area contributed by atoms with Crippen molar-refractivity contribution in [2.75, 3.05) is 33.9 Å². The number of nitrogens with zero attached hydrogens (tertiary/aromatic N) is 1. The van der Waals surface area contributed by atoms with Gasteiger partial charge in [0.25, 0.3) is 0 Å². The third-order valence-electron chi connectivity index (χ3n) is 4.48. The van der Waals surface area contributed by atoms with Gasteiger partial charge in [-0.15, -0.1) is 12.4 Å². The Morgan fingerprint density at radius 2 is 2.00 bits per heavy atom. The minimum atomic E-state index is 0. The van der Waals surface area contributed by atoms with Gasteiger partial charge in [0, 0.05) is 19.5 Å². The van der Waals surface area contributed by atoms with Crippen molar-refractivity contribution >= 4 is 18.3 Å². The molecule has 1 amide bonds. The van der Waals surface area contributed by atoms with E-state index in [1.165, 1.54) is 0 Å². The second-order valence-electron chi connectivity index (χ2n) is 6.27. The summed E-state index contributed by atoms with van der Waals surface area (Å²) in [5.41, 5.74) is 6.95. The van der Waals surface area contributed by atoms with E-state index in [0.29, 0.717) is 30.9 Å². The number of rotatable bonds is 6. The number of nitrogens with two attached hydrogens (primary N) is 1. The Kier molecular flexibility index (Phi) is 7.16. The predicted octanol–water partition coefficient (Wildman–Crippen LogP) is 2.26. The van der Waals surface area contributed by atoms with E-state index in [1.807, 2.05) is 23.1 Å². The Morgan fingerprint density at radius 3 is 2.57 bits per heavy atom. The summed E-state index contributed by atoms with van der Waals surface area (Å²) in [7, 11) is 3.23. The summed E-state index contributed by atoms with van der Waals surface area (Å²) in [6.45, 7) is 4.37. The van der Waals surface area contributed by atoms with Crippen molar-refractivity contribution in [3.8, 4) is 11.5 Å². The number of likely N-dealkylation sites (tertiary alicyclic amines) is 1. The normalized spacial score (nSPS) is 20.1. The smallest absolute Gasteiger partial charge is 0.222 e. The lowest BCUT2D eigenvalue weighted by molar-refractivity contribution is -0.130. The molecule has 130 valence electrons. The van der Waals surface area contributed by atoms with Crippen LogP contribution in [-0.2, 0) is 11.2 Å². The van der Waals surface area contributed by atoms with Crippen molar-refractivity contribution in [1.82, 2.24) is 4.90 Å². The van der Waals surface area contributed by atoms with E-state index >= 15 is 0 Å². The summed E-state index contributed by atoms with van der Waals surface area (Å²) in [6.07, 6.45) is 2.21. The molecule has 1 aliphatic heterocycles. The van der Waals surface area contributed by atoms with Crippen molar-refractivity contribution in [1.29, 1.82) is 0 Å². The zero-order valence-corrected chi connectivity index (χ0v) is 14.9. The molecule has 1 atom stereocenters. The molecule has 5 nitrogen and oxygen atoms in total. The highest BCUT2D eigenvalue weighted by Crippen LogP contribution is 2.30. The van der Waals surface area contributed by atoms with Gasteiger partial charge in [-0.1, -0.05) is 13.0 Å². The van der Waals surface area contributed by atoms with Gasteiger partial charge in [0.15, 0.2) is 11.5 Å². The Balaban J connectivity index is 0.00000264. The van der Waals surface area contributed by atoms with Gasteiger partial charge in [0.05, 0.1) is 14.2 Å². The fourth-order valence-corrected chi connectivity index (χ4v) is 2.85. The average molecular weight is 343 g/mol. The number of aryl methyl sites for hydroxylation is 1. The monoisotopic (exact) mass is 342 g/mol. The van der Waals surface area contributed by atoms with Gasteiger partial charge in [0.1, 0.15) is 0 Å². The minimum absolute atomic E-state index is 0. The standard InChI is InChI=1S/C17H26N2O3.ClH/c1-17(11-18)8-9-19(12-17)16(20)7-5-13-4-6-14(21-2)15(10-13)22-3;/h4,6,10H,5,7-9,11-12,18H2,1-3H3;1H. The topological polar surface area (TPSA) is 64.8 Å². The van der Waals surface area contributed by atoms with E-state index in [-0.39, 0.29) is 23.7 Å². The van der Waals surface area contributed by atoms with E-state index in [2.05, 4.69) is 6.92 Å².